The van der Waals surface area contributed by atoms with Gasteiger partial charge in [-0.2, -0.15) is 0 Å². The average Bonchev–Trinajstić information content (AvgIpc) is 2.52. The Labute approximate surface area is 162 Å². The van der Waals surface area contributed by atoms with Crippen LogP contribution in [0.5, 0.6) is 0 Å². The van der Waals surface area contributed by atoms with Crippen LogP contribution in [0, 0.1) is 11.3 Å². The molecule has 1 aromatic carbocycles. The van der Waals surface area contributed by atoms with Crippen molar-refractivity contribution in [3.05, 3.63) is 34.9 Å². The van der Waals surface area contributed by atoms with Crippen LogP contribution < -0.4 is 5.32 Å². The molecule has 0 unspecified atom stereocenters. The highest BCUT2D eigenvalue weighted by atomic mass is 35.5. The van der Waals surface area contributed by atoms with E-state index in [0.717, 1.165) is 6.42 Å². The van der Waals surface area contributed by atoms with Crippen LogP contribution in [0.2, 0.25) is 5.02 Å². The van der Waals surface area contributed by atoms with Crippen molar-refractivity contribution in [2.45, 2.75) is 59.4 Å². The SMILES string of the molecule is CC(C)(C)CC(C)(C)NC(=O)C1CCN(C(=O)c2ccccc2Cl)CC1. The normalized spacial score (nSPS) is 16.5. The van der Waals surface area contributed by atoms with E-state index in [2.05, 4.69) is 39.9 Å². The molecule has 26 heavy (non-hydrogen) atoms. The summed E-state index contributed by atoms with van der Waals surface area (Å²) in [5, 5.41) is 3.68. The lowest BCUT2D eigenvalue weighted by molar-refractivity contribution is -0.128. The number of hydrogen-bond donors (Lipinski definition) is 1. The number of amides is 2. The maximum absolute atomic E-state index is 12.7. The first kappa shape index (κ1) is 20.8. The molecule has 5 heteroatoms. The van der Waals surface area contributed by atoms with Gasteiger partial charge in [0.25, 0.3) is 5.91 Å². The van der Waals surface area contributed by atoms with E-state index >= 15 is 0 Å². The Hall–Kier alpha value is -1.55. The van der Waals surface area contributed by atoms with Gasteiger partial charge < -0.3 is 10.2 Å². The predicted octanol–water partition coefficient (Wildman–Crippen LogP) is 4.52. The van der Waals surface area contributed by atoms with Crippen LogP contribution in [-0.4, -0.2) is 35.3 Å². The molecule has 0 saturated carbocycles. The summed E-state index contributed by atoms with van der Waals surface area (Å²) in [6.07, 6.45) is 2.29. The maximum Gasteiger partial charge on any atom is 0.255 e. The smallest absolute Gasteiger partial charge is 0.255 e. The molecule has 2 amide bonds. The Kier molecular flexibility index (Phi) is 6.38. The van der Waals surface area contributed by atoms with Gasteiger partial charge in [-0.1, -0.05) is 44.5 Å². The van der Waals surface area contributed by atoms with E-state index in [-0.39, 0.29) is 28.7 Å². The number of piperidine rings is 1. The van der Waals surface area contributed by atoms with Crippen LogP contribution in [0.1, 0.15) is 64.2 Å². The first-order valence-electron chi connectivity index (χ1n) is 9.34. The molecule has 0 aromatic heterocycles. The van der Waals surface area contributed by atoms with Crippen molar-refractivity contribution in [2.75, 3.05) is 13.1 Å². The highest BCUT2D eigenvalue weighted by Crippen LogP contribution is 2.28. The number of likely N-dealkylation sites (tertiary alicyclic amines) is 1. The van der Waals surface area contributed by atoms with E-state index in [1.54, 1.807) is 17.0 Å². The molecular weight excluding hydrogens is 348 g/mol. The number of carbonyl (C=O) groups excluding carboxylic acids is 2. The Morgan fingerprint density at radius 2 is 1.69 bits per heavy atom. The predicted molar refractivity (Wildman–Crippen MR) is 106 cm³/mol. The van der Waals surface area contributed by atoms with Crippen molar-refractivity contribution >= 4 is 23.4 Å². The summed E-state index contributed by atoms with van der Waals surface area (Å²) in [7, 11) is 0. The monoisotopic (exact) mass is 378 g/mol. The average molecular weight is 379 g/mol. The molecule has 2 rings (SSSR count). The lowest BCUT2D eigenvalue weighted by atomic mass is 9.81. The zero-order chi connectivity index (χ0) is 19.5. The summed E-state index contributed by atoms with van der Waals surface area (Å²) in [6, 6.07) is 7.11. The molecule has 0 bridgehead atoms. The fourth-order valence-corrected chi connectivity index (χ4v) is 4.17. The van der Waals surface area contributed by atoms with E-state index in [4.69, 9.17) is 11.6 Å². The molecular formula is C21H31ClN2O2. The van der Waals surface area contributed by atoms with Crippen molar-refractivity contribution in [1.82, 2.24) is 10.2 Å². The molecule has 0 aliphatic carbocycles. The molecule has 0 spiro atoms. The Morgan fingerprint density at radius 1 is 1.12 bits per heavy atom. The van der Waals surface area contributed by atoms with Crippen LogP contribution >= 0.6 is 11.6 Å². The zero-order valence-electron chi connectivity index (χ0n) is 16.6. The molecule has 1 aliphatic heterocycles. The van der Waals surface area contributed by atoms with Crippen LogP contribution in [0.4, 0.5) is 0 Å². The molecule has 1 heterocycles. The molecule has 4 nitrogen and oxygen atoms in total. The van der Waals surface area contributed by atoms with Crippen LogP contribution in [0.15, 0.2) is 24.3 Å². The van der Waals surface area contributed by atoms with E-state index in [1.165, 1.54) is 0 Å². The minimum atomic E-state index is -0.236. The van der Waals surface area contributed by atoms with Gasteiger partial charge in [-0.05, 0) is 50.7 Å². The molecule has 0 atom stereocenters. The molecule has 1 N–H and O–H groups in total. The van der Waals surface area contributed by atoms with Crippen LogP contribution in [0.3, 0.4) is 0 Å². The van der Waals surface area contributed by atoms with E-state index in [1.807, 2.05) is 12.1 Å². The first-order chi connectivity index (χ1) is 12.0. The second kappa shape index (κ2) is 7.99. The van der Waals surface area contributed by atoms with Crippen LogP contribution in [-0.2, 0) is 4.79 Å². The number of benzene rings is 1. The third-order valence-electron chi connectivity index (χ3n) is 4.69. The number of rotatable bonds is 4. The lowest BCUT2D eigenvalue weighted by Crippen LogP contribution is -2.50. The van der Waals surface area contributed by atoms with Gasteiger partial charge in [0.05, 0.1) is 10.6 Å². The van der Waals surface area contributed by atoms with Crippen molar-refractivity contribution in [1.29, 1.82) is 0 Å². The zero-order valence-corrected chi connectivity index (χ0v) is 17.3. The number of carbonyl (C=O) groups is 2. The number of halogens is 1. The van der Waals surface area contributed by atoms with Crippen molar-refractivity contribution in [3.63, 3.8) is 0 Å². The highest BCUT2D eigenvalue weighted by Gasteiger charge is 2.32. The summed E-state index contributed by atoms with van der Waals surface area (Å²) < 4.78 is 0. The van der Waals surface area contributed by atoms with Crippen molar-refractivity contribution in [3.8, 4) is 0 Å². The summed E-state index contributed by atoms with van der Waals surface area (Å²) in [5.41, 5.74) is 0.449. The second-order valence-electron chi connectivity index (χ2n) is 9.16. The third-order valence-corrected chi connectivity index (χ3v) is 5.02. The molecule has 1 saturated heterocycles. The summed E-state index contributed by atoms with van der Waals surface area (Å²) in [4.78, 5) is 27.1. The molecule has 144 valence electrons. The summed E-state index contributed by atoms with van der Waals surface area (Å²) in [6.45, 7) is 11.9. The quantitative estimate of drug-likeness (QED) is 0.837. The Bertz CT molecular complexity index is 656. The number of nitrogens with one attached hydrogen (secondary N) is 1. The minimum absolute atomic E-state index is 0.0375. The second-order valence-corrected chi connectivity index (χ2v) is 9.56. The molecule has 1 aromatic rings. The number of nitrogens with zero attached hydrogens (tertiary/aromatic N) is 1. The summed E-state index contributed by atoms with van der Waals surface area (Å²) >= 11 is 6.13. The van der Waals surface area contributed by atoms with Gasteiger partial charge in [0.1, 0.15) is 0 Å². The highest BCUT2D eigenvalue weighted by molar-refractivity contribution is 6.33. The Morgan fingerprint density at radius 3 is 2.23 bits per heavy atom. The third kappa shape index (κ3) is 5.73. The molecule has 1 fully saturated rings. The number of hydrogen-bond acceptors (Lipinski definition) is 2. The topological polar surface area (TPSA) is 49.4 Å². The van der Waals surface area contributed by atoms with Gasteiger partial charge in [-0.25, -0.2) is 0 Å². The van der Waals surface area contributed by atoms with Gasteiger partial charge in [0.15, 0.2) is 0 Å². The largest absolute Gasteiger partial charge is 0.351 e. The minimum Gasteiger partial charge on any atom is -0.351 e. The molecule has 1 aliphatic rings. The Balaban J connectivity index is 1.91. The summed E-state index contributed by atoms with van der Waals surface area (Å²) in [5.74, 6) is 0.0103. The van der Waals surface area contributed by atoms with Gasteiger partial charge in [-0.3, -0.25) is 9.59 Å². The standard InChI is InChI=1S/C21H31ClN2O2/c1-20(2,3)14-21(4,5)23-18(25)15-10-12-24(13-11-15)19(26)16-8-6-7-9-17(16)22/h6-9,15H,10-14H2,1-5H3,(H,23,25). The van der Waals surface area contributed by atoms with E-state index in [0.29, 0.717) is 36.5 Å². The lowest BCUT2D eigenvalue weighted by Gasteiger charge is -2.36. The van der Waals surface area contributed by atoms with Crippen LogP contribution in [0.25, 0.3) is 0 Å². The van der Waals surface area contributed by atoms with Crippen molar-refractivity contribution in [2.24, 2.45) is 11.3 Å². The molecule has 0 radical (unpaired) electrons. The van der Waals surface area contributed by atoms with E-state index in [9.17, 15) is 9.59 Å². The van der Waals surface area contributed by atoms with Gasteiger partial charge in [-0.15, -0.1) is 0 Å². The van der Waals surface area contributed by atoms with Crippen molar-refractivity contribution < 1.29 is 9.59 Å². The van der Waals surface area contributed by atoms with Gasteiger partial charge in [0, 0.05) is 24.5 Å². The van der Waals surface area contributed by atoms with Gasteiger partial charge in [0.2, 0.25) is 5.91 Å². The fraction of sp³-hybridized carbons (Fsp3) is 0.619. The van der Waals surface area contributed by atoms with Gasteiger partial charge >= 0.3 is 0 Å². The maximum atomic E-state index is 12.7. The first-order valence-corrected chi connectivity index (χ1v) is 9.72. The van der Waals surface area contributed by atoms with E-state index < -0.39 is 0 Å². The fourth-order valence-electron chi connectivity index (χ4n) is 3.96.